The van der Waals surface area contributed by atoms with Crippen molar-refractivity contribution in [3.8, 4) is 0 Å². The van der Waals surface area contributed by atoms with Gasteiger partial charge in [0.15, 0.2) is 22.8 Å². The molecular weight excluding hydrogens is 414 g/mol. The normalized spacial score (nSPS) is 21.3. The number of aryl methyl sites for hydroxylation is 1. The van der Waals surface area contributed by atoms with Crippen LogP contribution in [0.4, 0.5) is 8.78 Å². The van der Waals surface area contributed by atoms with E-state index in [2.05, 4.69) is 9.84 Å². The Morgan fingerprint density at radius 1 is 1.25 bits per heavy atom. The highest BCUT2D eigenvalue weighted by atomic mass is 19.2. The number of carbonyl (C=O) groups is 1. The van der Waals surface area contributed by atoms with Crippen LogP contribution >= 0.6 is 0 Å². The van der Waals surface area contributed by atoms with Crippen molar-refractivity contribution in [3.05, 3.63) is 68.1 Å². The second-order valence-electron chi connectivity index (χ2n) is 8.78. The van der Waals surface area contributed by atoms with Gasteiger partial charge in [-0.1, -0.05) is 19.3 Å². The van der Waals surface area contributed by atoms with Gasteiger partial charge in [0, 0.05) is 29.8 Å². The minimum atomic E-state index is -1.29. The molecule has 166 valence electrons. The van der Waals surface area contributed by atoms with Crippen LogP contribution in [0.3, 0.4) is 0 Å². The van der Waals surface area contributed by atoms with Crippen molar-refractivity contribution in [1.29, 1.82) is 0 Å². The molecule has 2 aromatic rings. The number of hydrogen-bond donors (Lipinski definition) is 0. The maximum atomic E-state index is 14.6. The quantitative estimate of drug-likeness (QED) is 0.550. The molecule has 4 rings (SSSR count). The first kappa shape index (κ1) is 22.1. The molecule has 2 unspecified atom stereocenters. The summed E-state index contributed by atoms with van der Waals surface area (Å²) in [5, 5.41) is -0.506. The lowest BCUT2D eigenvalue weighted by Crippen LogP contribution is -2.33. The standard InChI is InChI=1S/C25H24F2N2O3/c1-12-10-19(31)22-23(27)17(26)11-16(25(22)32-12)21-20(13(2)29-14(3)24(21)28-4)18(30)9-8-15-6-5-7-15/h10-11,15,20-21H,5-9H2,1-3H3. The Labute approximate surface area is 184 Å². The van der Waals surface area contributed by atoms with E-state index in [0.717, 1.165) is 31.4 Å². The summed E-state index contributed by atoms with van der Waals surface area (Å²) in [5.41, 5.74) is 0.403. The van der Waals surface area contributed by atoms with E-state index in [1.165, 1.54) is 13.3 Å². The van der Waals surface area contributed by atoms with E-state index in [1.54, 1.807) is 13.8 Å². The SMILES string of the molecule is [C-]#[N+]C1=C(C)N=C(C)C(C(=O)CCC2CCC2)C1c1cc(F)c(F)c2c(=O)cc(C)oc12. The lowest BCUT2D eigenvalue weighted by molar-refractivity contribution is -0.121. The second kappa shape index (κ2) is 8.42. The van der Waals surface area contributed by atoms with Crippen molar-refractivity contribution >= 4 is 22.5 Å². The van der Waals surface area contributed by atoms with E-state index in [9.17, 15) is 18.4 Å². The van der Waals surface area contributed by atoms with Crippen LogP contribution in [0.5, 0.6) is 0 Å². The fourth-order valence-electron chi connectivity index (χ4n) is 4.83. The lowest BCUT2D eigenvalue weighted by atomic mass is 9.73. The number of benzene rings is 1. The molecule has 1 aliphatic carbocycles. The summed E-state index contributed by atoms with van der Waals surface area (Å²) < 4.78 is 34.9. The third-order valence-corrected chi connectivity index (χ3v) is 6.66. The molecule has 0 spiro atoms. The van der Waals surface area contributed by atoms with Crippen molar-refractivity contribution in [2.45, 2.75) is 58.8 Å². The molecule has 2 heterocycles. The third kappa shape index (κ3) is 3.68. The number of rotatable bonds is 5. The zero-order chi connectivity index (χ0) is 23.2. The number of allylic oxidation sites excluding steroid dienone is 2. The zero-order valence-electron chi connectivity index (χ0n) is 18.3. The van der Waals surface area contributed by atoms with Gasteiger partial charge >= 0.3 is 0 Å². The molecule has 2 atom stereocenters. The van der Waals surface area contributed by atoms with Crippen LogP contribution in [0.2, 0.25) is 0 Å². The van der Waals surface area contributed by atoms with Crippen LogP contribution in [0.15, 0.2) is 37.7 Å². The number of aliphatic imine (C=N–C) groups is 1. The number of Topliss-reactive ketones (excluding diaryl/α,β-unsaturated/α-hetero) is 1. The average molecular weight is 438 g/mol. The van der Waals surface area contributed by atoms with Crippen molar-refractivity contribution in [3.63, 3.8) is 0 Å². The van der Waals surface area contributed by atoms with Crippen LogP contribution in [-0.2, 0) is 4.79 Å². The van der Waals surface area contributed by atoms with Gasteiger partial charge in [-0.15, -0.1) is 0 Å². The fraction of sp³-hybridized carbons (Fsp3) is 0.440. The monoisotopic (exact) mass is 438 g/mol. The number of carbonyl (C=O) groups excluding carboxylic acids is 1. The Morgan fingerprint density at radius 3 is 2.59 bits per heavy atom. The third-order valence-electron chi connectivity index (χ3n) is 6.66. The molecule has 0 amide bonds. The van der Waals surface area contributed by atoms with Crippen LogP contribution in [0.25, 0.3) is 15.8 Å². The number of ketones is 1. The topological polar surface area (TPSA) is 64.0 Å². The molecule has 0 radical (unpaired) electrons. The highest BCUT2D eigenvalue weighted by Gasteiger charge is 2.41. The molecule has 7 heteroatoms. The molecule has 0 N–H and O–H groups in total. The Balaban J connectivity index is 1.91. The van der Waals surface area contributed by atoms with Gasteiger partial charge in [-0.3, -0.25) is 14.6 Å². The van der Waals surface area contributed by atoms with E-state index < -0.39 is 34.3 Å². The van der Waals surface area contributed by atoms with Crippen molar-refractivity contribution in [2.75, 3.05) is 0 Å². The summed E-state index contributed by atoms with van der Waals surface area (Å²) >= 11 is 0. The van der Waals surface area contributed by atoms with E-state index in [0.29, 0.717) is 23.7 Å². The summed E-state index contributed by atoms with van der Waals surface area (Å²) in [6.45, 7) is 12.6. The van der Waals surface area contributed by atoms with Crippen molar-refractivity contribution in [2.24, 2.45) is 16.8 Å². The number of nitrogens with zero attached hydrogens (tertiary/aromatic N) is 2. The highest BCUT2D eigenvalue weighted by molar-refractivity contribution is 6.07. The molecule has 2 aliphatic rings. The summed E-state index contributed by atoms with van der Waals surface area (Å²) in [6.07, 6.45) is 4.48. The van der Waals surface area contributed by atoms with Gasteiger partial charge in [0.05, 0.1) is 12.5 Å². The largest absolute Gasteiger partial charge is 0.461 e. The number of hydrogen-bond acceptors (Lipinski definition) is 4. The van der Waals surface area contributed by atoms with Crippen molar-refractivity contribution in [1.82, 2.24) is 0 Å². The van der Waals surface area contributed by atoms with Crippen LogP contribution < -0.4 is 5.43 Å². The molecule has 32 heavy (non-hydrogen) atoms. The molecule has 1 aromatic heterocycles. The number of fused-ring (bicyclic) bond motifs is 1. The van der Waals surface area contributed by atoms with Gasteiger partial charge in [0.25, 0.3) is 0 Å². The second-order valence-corrected chi connectivity index (χ2v) is 8.78. The van der Waals surface area contributed by atoms with Gasteiger partial charge in [-0.25, -0.2) is 13.6 Å². The molecule has 1 fully saturated rings. The van der Waals surface area contributed by atoms with Gasteiger partial charge < -0.3 is 4.42 Å². The minimum Gasteiger partial charge on any atom is -0.461 e. The predicted molar refractivity (Wildman–Crippen MR) is 117 cm³/mol. The van der Waals surface area contributed by atoms with Gasteiger partial charge in [-0.05, 0) is 44.7 Å². The minimum absolute atomic E-state index is 0.0929. The van der Waals surface area contributed by atoms with E-state index in [1.807, 2.05) is 0 Å². The molecule has 0 saturated heterocycles. The molecule has 1 saturated carbocycles. The van der Waals surface area contributed by atoms with Crippen LogP contribution in [0.1, 0.15) is 63.2 Å². The molecule has 1 aromatic carbocycles. The average Bonchev–Trinajstić information content (AvgIpc) is 2.68. The van der Waals surface area contributed by atoms with E-state index in [4.69, 9.17) is 11.0 Å². The van der Waals surface area contributed by atoms with E-state index >= 15 is 0 Å². The highest BCUT2D eigenvalue weighted by Crippen LogP contribution is 2.44. The first-order valence-corrected chi connectivity index (χ1v) is 10.8. The first-order valence-electron chi connectivity index (χ1n) is 10.8. The maximum absolute atomic E-state index is 14.6. The molecular formula is C25H24F2N2O3. The molecule has 0 bridgehead atoms. The fourth-order valence-corrected chi connectivity index (χ4v) is 4.83. The van der Waals surface area contributed by atoms with Crippen molar-refractivity contribution < 1.29 is 18.0 Å². The smallest absolute Gasteiger partial charge is 0.196 e. The Morgan fingerprint density at radius 2 is 1.97 bits per heavy atom. The maximum Gasteiger partial charge on any atom is 0.196 e. The van der Waals surface area contributed by atoms with Gasteiger partial charge in [0.2, 0.25) is 0 Å². The summed E-state index contributed by atoms with van der Waals surface area (Å²) in [6, 6.07) is 2.05. The Kier molecular flexibility index (Phi) is 5.81. The predicted octanol–water partition coefficient (Wildman–Crippen LogP) is 5.85. The summed E-state index contributed by atoms with van der Waals surface area (Å²) in [4.78, 5) is 33.9. The zero-order valence-corrected chi connectivity index (χ0v) is 18.3. The first-order chi connectivity index (χ1) is 15.2. The van der Waals surface area contributed by atoms with Gasteiger partial charge in [-0.2, -0.15) is 0 Å². The molecule has 5 nitrogen and oxygen atoms in total. The molecule has 1 aliphatic heterocycles. The van der Waals surface area contributed by atoms with Gasteiger partial charge in [0.1, 0.15) is 22.5 Å². The summed E-state index contributed by atoms with van der Waals surface area (Å²) in [7, 11) is 0. The Hall–Kier alpha value is -3.14. The number of halogens is 2. The van der Waals surface area contributed by atoms with Crippen LogP contribution in [0, 0.1) is 37.0 Å². The van der Waals surface area contributed by atoms with Crippen LogP contribution in [-0.4, -0.2) is 11.5 Å². The Bertz CT molecular complexity index is 1280. The van der Waals surface area contributed by atoms with E-state index in [-0.39, 0.29) is 28.4 Å². The lowest BCUT2D eigenvalue weighted by Gasteiger charge is -2.32. The summed E-state index contributed by atoms with van der Waals surface area (Å²) in [5.74, 6) is -3.55.